The van der Waals surface area contributed by atoms with Crippen LogP contribution in [0.25, 0.3) is 21.9 Å². The van der Waals surface area contributed by atoms with Crippen molar-refractivity contribution in [1.29, 1.82) is 0 Å². The molecule has 4 rings (SSSR count). The summed E-state index contributed by atoms with van der Waals surface area (Å²) < 4.78 is 28.4. The summed E-state index contributed by atoms with van der Waals surface area (Å²) in [5.74, 6) is 3.64. The lowest BCUT2D eigenvalue weighted by Gasteiger charge is -2.34. The van der Waals surface area contributed by atoms with Crippen LogP contribution in [0.5, 0.6) is 28.7 Å². The average Bonchev–Trinajstić information content (AvgIpc) is 2.81. The standard InChI is InChI=1S/C25H29NO5/c1-7-26-14-15-9-21(27-3)22(28-4)10-16(15)18-12-20(31-8-2)17-11-23(29-5)24(30-6)13-19(17)25(18)26/h9-13H,7-8,14H2,1-6H3. The molecule has 0 bridgehead atoms. The van der Waals surface area contributed by atoms with Gasteiger partial charge >= 0.3 is 0 Å². The highest BCUT2D eigenvalue weighted by atomic mass is 16.5. The molecule has 6 nitrogen and oxygen atoms in total. The van der Waals surface area contributed by atoms with Gasteiger partial charge in [-0.2, -0.15) is 0 Å². The molecule has 0 saturated carbocycles. The van der Waals surface area contributed by atoms with E-state index in [1.54, 1.807) is 28.4 Å². The summed E-state index contributed by atoms with van der Waals surface area (Å²) in [4.78, 5) is 2.37. The highest BCUT2D eigenvalue weighted by Crippen LogP contribution is 2.51. The molecule has 0 fully saturated rings. The molecule has 1 aliphatic heterocycles. The van der Waals surface area contributed by atoms with Crippen molar-refractivity contribution in [3.05, 3.63) is 35.9 Å². The van der Waals surface area contributed by atoms with E-state index in [0.29, 0.717) is 23.9 Å². The lowest BCUT2D eigenvalue weighted by Crippen LogP contribution is -2.26. The number of benzene rings is 3. The van der Waals surface area contributed by atoms with E-state index < -0.39 is 0 Å². The molecule has 0 amide bonds. The number of hydrogen-bond acceptors (Lipinski definition) is 6. The molecule has 31 heavy (non-hydrogen) atoms. The van der Waals surface area contributed by atoms with Crippen molar-refractivity contribution in [3.63, 3.8) is 0 Å². The summed E-state index contributed by atoms with van der Waals surface area (Å²) in [6, 6.07) is 10.3. The molecule has 0 N–H and O–H groups in total. The van der Waals surface area contributed by atoms with Crippen molar-refractivity contribution < 1.29 is 23.7 Å². The maximum absolute atomic E-state index is 6.07. The monoisotopic (exact) mass is 423 g/mol. The molecule has 0 radical (unpaired) electrons. The summed E-state index contributed by atoms with van der Waals surface area (Å²) in [7, 11) is 6.64. The van der Waals surface area contributed by atoms with Crippen LogP contribution < -0.4 is 28.6 Å². The van der Waals surface area contributed by atoms with Gasteiger partial charge in [0.25, 0.3) is 0 Å². The van der Waals surface area contributed by atoms with Crippen LogP contribution in [0.1, 0.15) is 19.4 Å². The van der Waals surface area contributed by atoms with Crippen molar-refractivity contribution in [2.45, 2.75) is 20.4 Å². The molecule has 1 aliphatic rings. The number of nitrogens with zero attached hydrogens (tertiary/aromatic N) is 1. The van der Waals surface area contributed by atoms with E-state index in [-0.39, 0.29) is 0 Å². The Bertz CT molecular complexity index is 1130. The van der Waals surface area contributed by atoms with Crippen molar-refractivity contribution in [2.24, 2.45) is 0 Å². The van der Waals surface area contributed by atoms with Crippen LogP contribution in [0.15, 0.2) is 30.3 Å². The lowest BCUT2D eigenvalue weighted by molar-refractivity contribution is 0.343. The summed E-state index contributed by atoms with van der Waals surface area (Å²) in [6.07, 6.45) is 0. The fourth-order valence-electron chi connectivity index (χ4n) is 4.38. The van der Waals surface area contributed by atoms with Gasteiger partial charge in [0, 0.05) is 29.4 Å². The number of anilines is 1. The summed E-state index contributed by atoms with van der Waals surface area (Å²) in [5, 5.41) is 2.07. The van der Waals surface area contributed by atoms with Crippen LogP contribution in [0, 0.1) is 0 Å². The van der Waals surface area contributed by atoms with E-state index >= 15 is 0 Å². The first-order valence-electron chi connectivity index (χ1n) is 10.5. The quantitative estimate of drug-likeness (QED) is 0.515. The molecule has 164 valence electrons. The Morgan fingerprint density at radius 1 is 0.677 bits per heavy atom. The molecule has 0 aliphatic carbocycles. The number of ether oxygens (including phenoxy) is 5. The van der Waals surface area contributed by atoms with Gasteiger partial charge in [-0.1, -0.05) is 0 Å². The number of fused-ring (bicyclic) bond motifs is 5. The van der Waals surface area contributed by atoms with E-state index in [9.17, 15) is 0 Å². The molecule has 0 spiro atoms. The first-order chi connectivity index (χ1) is 15.1. The largest absolute Gasteiger partial charge is 0.493 e. The zero-order valence-corrected chi connectivity index (χ0v) is 19.0. The first-order valence-corrected chi connectivity index (χ1v) is 10.5. The second kappa shape index (κ2) is 8.46. The Morgan fingerprint density at radius 3 is 1.81 bits per heavy atom. The second-order valence-corrected chi connectivity index (χ2v) is 7.34. The molecular weight excluding hydrogens is 394 g/mol. The summed E-state index contributed by atoms with van der Waals surface area (Å²) >= 11 is 0. The Labute approximate surface area is 183 Å². The third kappa shape index (κ3) is 3.36. The minimum Gasteiger partial charge on any atom is -0.493 e. The predicted octanol–water partition coefficient (Wildman–Crippen LogP) is 5.28. The minimum absolute atomic E-state index is 0.568. The third-order valence-electron chi connectivity index (χ3n) is 5.83. The van der Waals surface area contributed by atoms with Gasteiger partial charge in [-0.25, -0.2) is 0 Å². The number of rotatable bonds is 7. The van der Waals surface area contributed by atoms with Crippen molar-refractivity contribution >= 4 is 16.5 Å². The van der Waals surface area contributed by atoms with Crippen LogP contribution in [-0.2, 0) is 6.54 Å². The fourth-order valence-corrected chi connectivity index (χ4v) is 4.38. The maximum atomic E-state index is 6.07. The smallest absolute Gasteiger partial charge is 0.161 e. The topological polar surface area (TPSA) is 49.4 Å². The maximum Gasteiger partial charge on any atom is 0.161 e. The Kier molecular flexibility index (Phi) is 5.72. The second-order valence-electron chi connectivity index (χ2n) is 7.34. The fraction of sp³-hybridized carbons (Fsp3) is 0.360. The summed E-state index contributed by atoms with van der Waals surface area (Å²) in [6.45, 7) is 6.36. The van der Waals surface area contributed by atoms with Crippen LogP contribution >= 0.6 is 0 Å². The lowest BCUT2D eigenvalue weighted by atomic mass is 9.89. The van der Waals surface area contributed by atoms with E-state index in [1.165, 1.54) is 5.56 Å². The van der Waals surface area contributed by atoms with Gasteiger partial charge in [0.15, 0.2) is 23.0 Å². The molecule has 0 atom stereocenters. The molecule has 1 heterocycles. The number of methoxy groups -OCH3 is 4. The van der Waals surface area contributed by atoms with E-state index in [0.717, 1.165) is 52.2 Å². The van der Waals surface area contributed by atoms with Gasteiger partial charge in [0.05, 0.1) is 40.7 Å². The van der Waals surface area contributed by atoms with Crippen LogP contribution in [-0.4, -0.2) is 41.6 Å². The molecule has 0 unspecified atom stereocenters. The number of hydrogen-bond donors (Lipinski definition) is 0. The van der Waals surface area contributed by atoms with Crippen LogP contribution in [0.2, 0.25) is 0 Å². The summed E-state index contributed by atoms with van der Waals surface area (Å²) in [5.41, 5.74) is 4.57. The molecule has 3 aromatic carbocycles. The molecule has 0 saturated heterocycles. The SMILES string of the molecule is CCOc1cc2c(c3cc(OC)c(OC)cc13)N(CC)Cc1cc(OC)c(OC)cc1-2. The van der Waals surface area contributed by atoms with Gasteiger partial charge in [0.1, 0.15) is 5.75 Å². The molecule has 3 aromatic rings. The van der Waals surface area contributed by atoms with Gasteiger partial charge in [-0.05, 0) is 55.3 Å². The normalized spacial score (nSPS) is 12.3. The predicted molar refractivity (Wildman–Crippen MR) is 123 cm³/mol. The van der Waals surface area contributed by atoms with Crippen molar-refractivity contribution in [1.82, 2.24) is 0 Å². The van der Waals surface area contributed by atoms with E-state index in [2.05, 4.69) is 30.0 Å². The van der Waals surface area contributed by atoms with Crippen LogP contribution in [0.4, 0.5) is 5.69 Å². The Morgan fingerprint density at radius 2 is 1.23 bits per heavy atom. The van der Waals surface area contributed by atoms with Gasteiger partial charge in [0.2, 0.25) is 0 Å². The van der Waals surface area contributed by atoms with Gasteiger partial charge < -0.3 is 28.6 Å². The van der Waals surface area contributed by atoms with E-state index in [1.807, 2.05) is 19.1 Å². The van der Waals surface area contributed by atoms with Crippen LogP contribution in [0.3, 0.4) is 0 Å². The highest BCUT2D eigenvalue weighted by molar-refractivity contribution is 6.08. The highest BCUT2D eigenvalue weighted by Gasteiger charge is 2.28. The van der Waals surface area contributed by atoms with Crippen molar-refractivity contribution in [2.75, 3.05) is 46.5 Å². The molecular formula is C25H29NO5. The Hall–Kier alpha value is -3.28. The third-order valence-corrected chi connectivity index (χ3v) is 5.83. The van der Waals surface area contributed by atoms with Gasteiger partial charge in [-0.3, -0.25) is 0 Å². The average molecular weight is 424 g/mol. The molecule has 0 aromatic heterocycles. The van der Waals surface area contributed by atoms with E-state index in [4.69, 9.17) is 23.7 Å². The minimum atomic E-state index is 0.568. The zero-order chi connectivity index (χ0) is 22.1. The van der Waals surface area contributed by atoms with Gasteiger partial charge in [-0.15, -0.1) is 0 Å². The molecule has 6 heteroatoms. The van der Waals surface area contributed by atoms with Crippen molar-refractivity contribution in [3.8, 4) is 39.9 Å². The zero-order valence-electron chi connectivity index (χ0n) is 19.0. The Balaban J connectivity index is 2.10. The first kappa shape index (κ1) is 21.0.